The predicted octanol–water partition coefficient (Wildman–Crippen LogP) is 0.670. The minimum Gasteiger partial charge on any atom is -0.372 e. The van der Waals surface area contributed by atoms with Crippen LogP contribution in [0, 0.1) is 0 Å². The molecule has 2 aromatic heterocycles. The molecule has 2 rings (SSSR count). The molecule has 0 spiro atoms. The highest BCUT2D eigenvalue weighted by Crippen LogP contribution is 2.18. The van der Waals surface area contributed by atoms with Crippen LogP contribution < -0.4 is 10.6 Å². The predicted molar refractivity (Wildman–Crippen MR) is 67.0 cm³/mol. The van der Waals surface area contributed by atoms with Gasteiger partial charge in [-0.3, -0.25) is 0 Å². The maximum Gasteiger partial charge on any atom is 0.179 e. The van der Waals surface area contributed by atoms with Crippen LogP contribution in [0.1, 0.15) is 11.9 Å². The molecule has 0 saturated carbocycles. The number of ether oxygens (including phenoxy) is 1. The summed E-state index contributed by atoms with van der Waals surface area (Å²) in [5.74, 6) is 1.59. The molecule has 0 aliphatic heterocycles. The van der Waals surface area contributed by atoms with Gasteiger partial charge >= 0.3 is 0 Å². The van der Waals surface area contributed by atoms with Gasteiger partial charge < -0.3 is 20.4 Å². The first-order valence-electron chi connectivity index (χ1n) is 5.42. The molecule has 2 heterocycles. The average molecular weight is 235 g/mol. The standard InChI is InChI=1S/C11H17N5O/c1-16(2)9-5-4-7-10(14-9)15-11(13-7)8(6-12)17-3/h4-5,8H,6,12H2,1-3H3,(H,13,14,15). The Hall–Kier alpha value is -1.66. The molecule has 3 N–H and O–H groups in total. The van der Waals surface area contributed by atoms with Crippen molar-refractivity contribution in [3.63, 3.8) is 0 Å². The van der Waals surface area contributed by atoms with E-state index in [0.29, 0.717) is 18.0 Å². The summed E-state index contributed by atoms with van der Waals surface area (Å²) >= 11 is 0. The number of rotatable bonds is 4. The fourth-order valence-electron chi connectivity index (χ4n) is 1.62. The minimum absolute atomic E-state index is 0.216. The molecule has 0 fully saturated rings. The van der Waals surface area contributed by atoms with Crippen molar-refractivity contribution in [2.45, 2.75) is 6.10 Å². The number of pyridine rings is 1. The van der Waals surface area contributed by atoms with E-state index < -0.39 is 0 Å². The molecule has 0 aliphatic carbocycles. The number of hydrogen-bond acceptors (Lipinski definition) is 5. The Morgan fingerprint density at radius 2 is 2.18 bits per heavy atom. The van der Waals surface area contributed by atoms with Crippen molar-refractivity contribution in [1.82, 2.24) is 15.0 Å². The second-order valence-electron chi connectivity index (χ2n) is 4.02. The van der Waals surface area contributed by atoms with Crippen molar-refractivity contribution in [3.8, 4) is 0 Å². The van der Waals surface area contributed by atoms with Crippen LogP contribution in [0.5, 0.6) is 0 Å². The summed E-state index contributed by atoms with van der Waals surface area (Å²) in [5, 5.41) is 0. The summed E-state index contributed by atoms with van der Waals surface area (Å²) in [6, 6.07) is 3.89. The Balaban J connectivity index is 2.43. The molecular formula is C11H17N5O. The van der Waals surface area contributed by atoms with Crippen molar-refractivity contribution >= 4 is 17.0 Å². The van der Waals surface area contributed by atoms with Gasteiger partial charge in [0.15, 0.2) is 5.65 Å². The smallest absolute Gasteiger partial charge is 0.179 e. The van der Waals surface area contributed by atoms with Crippen molar-refractivity contribution in [3.05, 3.63) is 18.0 Å². The third-order valence-electron chi connectivity index (χ3n) is 2.61. The quantitative estimate of drug-likeness (QED) is 0.814. The number of fused-ring (bicyclic) bond motifs is 1. The average Bonchev–Trinajstić information content (AvgIpc) is 2.72. The fraction of sp³-hybridized carbons (Fsp3) is 0.455. The van der Waals surface area contributed by atoms with Crippen LogP contribution in [0.15, 0.2) is 12.1 Å². The van der Waals surface area contributed by atoms with E-state index in [2.05, 4.69) is 15.0 Å². The summed E-state index contributed by atoms with van der Waals surface area (Å²) in [6.45, 7) is 0.386. The number of hydrogen-bond donors (Lipinski definition) is 2. The summed E-state index contributed by atoms with van der Waals surface area (Å²) in [7, 11) is 5.50. The topological polar surface area (TPSA) is 80.1 Å². The largest absolute Gasteiger partial charge is 0.372 e. The lowest BCUT2D eigenvalue weighted by molar-refractivity contribution is 0.104. The van der Waals surface area contributed by atoms with Gasteiger partial charge in [0, 0.05) is 27.7 Å². The molecule has 92 valence electrons. The molecule has 17 heavy (non-hydrogen) atoms. The number of nitrogens with two attached hydrogens (primary N) is 1. The van der Waals surface area contributed by atoms with Gasteiger partial charge in [0.25, 0.3) is 0 Å². The van der Waals surface area contributed by atoms with Gasteiger partial charge in [-0.15, -0.1) is 0 Å². The summed E-state index contributed by atoms with van der Waals surface area (Å²) in [5.41, 5.74) is 7.17. The minimum atomic E-state index is -0.216. The fourth-order valence-corrected chi connectivity index (χ4v) is 1.62. The number of methoxy groups -OCH3 is 1. The zero-order valence-electron chi connectivity index (χ0n) is 10.3. The van der Waals surface area contributed by atoms with Gasteiger partial charge in [-0.05, 0) is 12.1 Å². The zero-order chi connectivity index (χ0) is 12.4. The molecule has 0 amide bonds. The van der Waals surface area contributed by atoms with Crippen molar-refractivity contribution in [1.29, 1.82) is 0 Å². The van der Waals surface area contributed by atoms with E-state index in [1.165, 1.54) is 0 Å². The van der Waals surface area contributed by atoms with E-state index in [1.54, 1.807) is 7.11 Å². The Bertz CT molecular complexity index is 504. The molecule has 0 bridgehead atoms. The molecule has 6 nitrogen and oxygen atoms in total. The lowest BCUT2D eigenvalue weighted by Gasteiger charge is -2.09. The first kappa shape index (κ1) is 11.8. The van der Waals surface area contributed by atoms with Gasteiger partial charge in [-0.2, -0.15) is 0 Å². The Kier molecular flexibility index (Phi) is 3.26. The number of H-pyrrole nitrogens is 1. The maximum absolute atomic E-state index is 5.60. The van der Waals surface area contributed by atoms with E-state index in [0.717, 1.165) is 11.3 Å². The first-order valence-corrected chi connectivity index (χ1v) is 5.42. The lowest BCUT2D eigenvalue weighted by atomic mass is 10.3. The first-order chi connectivity index (χ1) is 8.15. The molecule has 1 atom stereocenters. The van der Waals surface area contributed by atoms with Crippen LogP contribution in [-0.2, 0) is 4.74 Å². The van der Waals surface area contributed by atoms with Crippen LogP contribution in [-0.4, -0.2) is 42.7 Å². The summed E-state index contributed by atoms with van der Waals surface area (Å²) < 4.78 is 5.24. The third-order valence-corrected chi connectivity index (χ3v) is 2.61. The molecule has 0 aliphatic rings. The van der Waals surface area contributed by atoms with Gasteiger partial charge in [0.2, 0.25) is 0 Å². The van der Waals surface area contributed by atoms with Crippen LogP contribution >= 0.6 is 0 Å². The van der Waals surface area contributed by atoms with E-state index in [4.69, 9.17) is 10.5 Å². The van der Waals surface area contributed by atoms with Gasteiger partial charge in [-0.25, -0.2) is 9.97 Å². The third kappa shape index (κ3) is 2.22. The molecule has 1 unspecified atom stereocenters. The normalized spacial score (nSPS) is 12.9. The van der Waals surface area contributed by atoms with E-state index in [1.807, 2.05) is 31.1 Å². The molecule has 2 aromatic rings. The number of aromatic amines is 1. The van der Waals surface area contributed by atoms with E-state index in [-0.39, 0.29) is 6.10 Å². The van der Waals surface area contributed by atoms with Crippen LogP contribution in [0.3, 0.4) is 0 Å². The highest BCUT2D eigenvalue weighted by molar-refractivity contribution is 5.73. The summed E-state index contributed by atoms with van der Waals surface area (Å²) in [6.07, 6.45) is -0.216. The Labute approximate surface area is 99.8 Å². The van der Waals surface area contributed by atoms with Crippen molar-refractivity contribution < 1.29 is 4.74 Å². The lowest BCUT2D eigenvalue weighted by Crippen LogP contribution is -2.15. The highest BCUT2D eigenvalue weighted by Gasteiger charge is 2.14. The zero-order valence-corrected chi connectivity index (χ0v) is 10.3. The Morgan fingerprint density at radius 1 is 1.41 bits per heavy atom. The Morgan fingerprint density at radius 3 is 2.76 bits per heavy atom. The van der Waals surface area contributed by atoms with Crippen LogP contribution in [0.4, 0.5) is 5.82 Å². The van der Waals surface area contributed by atoms with Crippen molar-refractivity contribution in [2.24, 2.45) is 5.73 Å². The number of nitrogens with zero attached hydrogens (tertiary/aromatic N) is 3. The SMILES string of the molecule is COC(CN)c1nc2nc(N(C)C)ccc2[nH]1. The molecule has 0 radical (unpaired) electrons. The van der Waals surface area contributed by atoms with Crippen molar-refractivity contribution in [2.75, 3.05) is 32.6 Å². The molecule has 0 aromatic carbocycles. The number of nitrogens with one attached hydrogen (secondary N) is 1. The molecule has 6 heteroatoms. The van der Waals surface area contributed by atoms with Gasteiger partial charge in [-0.1, -0.05) is 0 Å². The number of imidazole rings is 1. The molecular weight excluding hydrogens is 218 g/mol. The monoisotopic (exact) mass is 235 g/mol. The van der Waals surface area contributed by atoms with E-state index >= 15 is 0 Å². The van der Waals surface area contributed by atoms with Gasteiger partial charge in [0.05, 0.1) is 5.52 Å². The number of aromatic nitrogens is 3. The molecule has 0 saturated heterocycles. The van der Waals surface area contributed by atoms with E-state index in [9.17, 15) is 0 Å². The van der Waals surface area contributed by atoms with Gasteiger partial charge in [0.1, 0.15) is 17.7 Å². The highest BCUT2D eigenvalue weighted by atomic mass is 16.5. The summed E-state index contributed by atoms with van der Waals surface area (Å²) in [4.78, 5) is 13.9. The number of anilines is 1. The van der Waals surface area contributed by atoms with Crippen LogP contribution in [0.25, 0.3) is 11.2 Å². The maximum atomic E-state index is 5.60. The van der Waals surface area contributed by atoms with Crippen LogP contribution in [0.2, 0.25) is 0 Å². The second kappa shape index (κ2) is 4.68. The second-order valence-corrected chi connectivity index (χ2v) is 4.02.